The zero-order valence-electron chi connectivity index (χ0n) is 22.5. The minimum atomic E-state index is -0.871. The van der Waals surface area contributed by atoms with Gasteiger partial charge in [-0.05, 0) is 81.1 Å². The van der Waals surface area contributed by atoms with Crippen molar-refractivity contribution in [2.75, 3.05) is 33.4 Å². The predicted octanol–water partition coefficient (Wildman–Crippen LogP) is 4.30. The minimum Gasteiger partial charge on any atom is -0.497 e. The Hall–Kier alpha value is -3.10. The molecule has 0 radical (unpaired) electrons. The monoisotopic (exact) mass is 524 g/mol. The second-order valence-corrected chi connectivity index (χ2v) is 10.2. The van der Waals surface area contributed by atoms with Gasteiger partial charge in [0, 0.05) is 31.0 Å². The van der Waals surface area contributed by atoms with Crippen molar-refractivity contribution in [2.45, 2.75) is 70.1 Å². The number of hydrogen-bond acceptors (Lipinski definition) is 7. The molecule has 8 heteroatoms. The molecule has 1 amide bonds. The van der Waals surface area contributed by atoms with Crippen LogP contribution in [0.2, 0.25) is 0 Å². The van der Waals surface area contributed by atoms with E-state index in [4.69, 9.17) is 14.2 Å². The van der Waals surface area contributed by atoms with Crippen LogP contribution in [0, 0.1) is 0 Å². The van der Waals surface area contributed by atoms with Gasteiger partial charge < -0.3 is 24.6 Å². The number of aliphatic hydroxyl groups is 1. The van der Waals surface area contributed by atoms with Gasteiger partial charge in [-0.3, -0.25) is 14.5 Å². The van der Waals surface area contributed by atoms with Gasteiger partial charge in [-0.2, -0.15) is 0 Å². The Kier molecular flexibility index (Phi) is 10.0. The molecule has 0 bridgehead atoms. The fourth-order valence-corrected chi connectivity index (χ4v) is 5.17. The van der Waals surface area contributed by atoms with Crippen molar-refractivity contribution in [3.05, 3.63) is 53.6 Å². The quantitative estimate of drug-likeness (QED) is 0.298. The molecule has 3 atom stereocenters. The molecule has 0 spiro atoms. The highest BCUT2D eigenvalue weighted by Crippen LogP contribution is 2.34. The Morgan fingerprint density at radius 2 is 1.79 bits per heavy atom. The van der Waals surface area contributed by atoms with Gasteiger partial charge in [0.2, 0.25) is 5.91 Å². The first-order valence-corrected chi connectivity index (χ1v) is 13.7. The van der Waals surface area contributed by atoms with Crippen molar-refractivity contribution >= 4 is 11.7 Å². The van der Waals surface area contributed by atoms with Gasteiger partial charge >= 0.3 is 0 Å². The van der Waals surface area contributed by atoms with Crippen molar-refractivity contribution in [2.24, 2.45) is 0 Å². The smallest absolute Gasteiger partial charge is 0.220 e. The van der Waals surface area contributed by atoms with Gasteiger partial charge in [0.25, 0.3) is 0 Å². The Morgan fingerprint density at radius 3 is 2.50 bits per heavy atom. The van der Waals surface area contributed by atoms with E-state index in [0.717, 1.165) is 38.0 Å². The molecule has 206 valence electrons. The molecule has 2 aromatic rings. The number of hydrogen-bond donors (Lipinski definition) is 2. The molecule has 2 aromatic carbocycles. The molecule has 1 fully saturated rings. The second-order valence-electron chi connectivity index (χ2n) is 10.2. The highest BCUT2D eigenvalue weighted by atomic mass is 16.6. The lowest BCUT2D eigenvalue weighted by Gasteiger charge is -2.31. The first kappa shape index (κ1) is 27.9. The number of rotatable bonds is 13. The molecule has 0 aromatic heterocycles. The van der Waals surface area contributed by atoms with Crippen LogP contribution in [0.3, 0.4) is 0 Å². The lowest BCUT2D eigenvalue weighted by Crippen LogP contribution is -2.48. The van der Waals surface area contributed by atoms with Crippen LogP contribution in [-0.2, 0) is 4.79 Å². The fourth-order valence-electron chi connectivity index (χ4n) is 5.17. The maximum Gasteiger partial charge on any atom is 0.220 e. The van der Waals surface area contributed by atoms with Crippen molar-refractivity contribution in [3.63, 3.8) is 0 Å². The van der Waals surface area contributed by atoms with Crippen molar-refractivity contribution < 1.29 is 28.9 Å². The Labute approximate surface area is 225 Å². The molecular formula is C30H40N2O6. The normalized spacial score (nSPS) is 18.6. The molecule has 2 aliphatic rings. The zero-order valence-corrected chi connectivity index (χ0v) is 22.5. The molecular weight excluding hydrogens is 484 g/mol. The van der Waals surface area contributed by atoms with Gasteiger partial charge in [0.05, 0.1) is 13.2 Å². The van der Waals surface area contributed by atoms with E-state index in [9.17, 15) is 14.7 Å². The molecule has 1 saturated heterocycles. The number of aliphatic hydroxyl groups excluding tert-OH is 1. The van der Waals surface area contributed by atoms with Gasteiger partial charge in [-0.25, -0.2) is 0 Å². The molecule has 2 aliphatic heterocycles. The number of ether oxygens (including phenoxy) is 3. The molecule has 8 nitrogen and oxygen atoms in total. The van der Waals surface area contributed by atoms with Gasteiger partial charge in [0.15, 0.2) is 17.3 Å². The van der Waals surface area contributed by atoms with Gasteiger partial charge in [-0.1, -0.05) is 12.5 Å². The molecule has 0 aliphatic carbocycles. The molecule has 38 heavy (non-hydrogen) atoms. The van der Waals surface area contributed by atoms with E-state index < -0.39 is 12.1 Å². The summed E-state index contributed by atoms with van der Waals surface area (Å²) in [6.07, 6.45) is 4.38. The van der Waals surface area contributed by atoms with E-state index in [1.54, 1.807) is 31.4 Å². The SMILES string of the molecule is COc1ccc(C(=O)CCCCCC(=O)N[C@H](CN2CCCC2C)[C@@H](O)c2ccc3c(c2)OCCO3)cc1. The van der Waals surface area contributed by atoms with E-state index in [2.05, 4.69) is 17.1 Å². The van der Waals surface area contributed by atoms with Crippen molar-refractivity contribution in [1.82, 2.24) is 10.2 Å². The summed E-state index contributed by atoms with van der Waals surface area (Å²) in [4.78, 5) is 27.6. The van der Waals surface area contributed by atoms with E-state index >= 15 is 0 Å². The van der Waals surface area contributed by atoms with Gasteiger partial charge in [0.1, 0.15) is 25.1 Å². The topological polar surface area (TPSA) is 97.3 Å². The van der Waals surface area contributed by atoms with Crippen LogP contribution in [-0.4, -0.2) is 67.2 Å². The number of nitrogens with zero attached hydrogens (tertiary/aromatic N) is 1. The van der Waals surface area contributed by atoms with Crippen LogP contribution in [0.4, 0.5) is 0 Å². The summed E-state index contributed by atoms with van der Waals surface area (Å²) >= 11 is 0. The lowest BCUT2D eigenvalue weighted by molar-refractivity contribution is -0.123. The average Bonchev–Trinajstić information content (AvgIpc) is 3.35. The number of Topliss-reactive ketones (excluding diaryl/α,β-unsaturated/α-hetero) is 1. The van der Waals surface area contributed by atoms with E-state index in [0.29, 0.717) is 67.7 Å². The van der Waals surface area contributed by atoms with Crippen LogP contribution in [0.5, 0.6) is 17.2 Å². The van der Waals surface area contributed by atoms with Crippen molar-refractivity contribution in [1.29, 1.82) is 0 Å². The highest BCUT2D eigenvalue weighted by Gasteiger charge is 2.30. The number of amides is 1. The lowest BCUT2D eigenvalue weighted by atomic mass is 10.00. The summed E-state index contributed by atoms with van der Waals surface area (Å²) in [6, 6.07) is 12.6. The van der Waals surface area contributed by atoms with Gasteiger partial charge in [-0.15, -0.1) is 0 Å². The Morgan fingerprint density at radius 1 is 1.05 bits per heavy atom. The Balaban J connectivity index is 1.28. The predicted molar refractivity (Wildman–Crippen MR) is 145 cm³/mol. The maximum absolute atomic E-state index is 12.9. The minimum absolute atomic E-state index is 0.0834. The molecule has 0 saturated carbocycles. The third-order valence-electron chi connectivity index (χ3n) is 7.48. The number of unbranched alkanes of at least 4 members (excludes halogenated alkanes) is 2. The van der Waals surface area contributed by atoms with Crippen molar-refractivity contribution in [3.8, 4) is 17.2 Å². The van der Waals surface area contributed by atoms with E-state index in [1.807, 2.05) is 18.2 Å². The first-order chi connectivity index (χ1) is 18.4. The molecule has 2 N–H and O–H groups in total. The summed E-state index contributed by atoms with van der Waals surface area (Å²) in [5.41, 5.74) is 1.37. The number of benzene rings is 2. The largest absolute Gasteiger partial charge is 0.497 e. The first-order valence-electron chi connectivity index (χ1n) is 13.7. The number of fused-ring (bicyclic) bond motifs is 1. The van der Waals surface area contributed by atoms with Crippen LogP contribution < -0.4 is 19.5 Å². The highest BCUT2D eigenvalue weighted by molar-refractivity contribution is 5.96. The fraction of sp³-hybridized carbons (Fsp3) is 0.533. The number of ketones is 1. The summed E-state index contributed by atoms with van der Waals surface area (Å²) in [7, 11) is 1.60. The maximum atomic E-state index is 12.9. The third kappa shape index (κ3) is 7.48. The molecule has 2 heterocycles. The number of carbonyl (C=O) groups excluding carboxylic acids is 2. The number of likely N-dealkylation sites (tertiary alicyclic amines) is 1. The van der Waals surface area contributed by atoms with E-state index in [-0.39, 0.29) is 11.7 Å². The van der Waals surface area contributed by atoms with Crippen LogP contribution in [0.1, 0.15) is 73.9 Å². The Bertz CT molecular complexity index is 1070. The average molecular weight is 525 g/mol. The standard InChI is InChI=1S/C30H40N2O6/c1-21-7-6-16-32(21)20-25(30(35)23-12-15-27-28(19-23)38-18-17-37-27)31-29(34)9-5-3-4-8-26(33)22-10-13-24(36-2)14-11-22/h10-15,19,21,25,30,35H,3-9,16-18,20H2,1-2H3,(H,31,34)/t21?,25-,30+/m1/s1. The summed E-state index contributed by atoms with van der Waals surface area (Å²) < 4.78 is 16.4. The number of carbonyl (C=O) groups is 2. The zero-order chi connectivity index (χ0) is 26.9. The molecule has 1 unspecified atom stereocenters. The second kappa shape index (κ2) is 13.6. The number of methoxy groups -OCH3 is 1. The van der Waals surface area contributed by atoms with Crippen LogP contribution in [0.25, 0.3) is 0 Å². The van der Waals surface area contributed by atoms with Crippen LogP contribution >= 0.6 is 0 Å². The summed E-state index contributed by atoms with van der Waals surface area (Å²) in [5, 5.41) is 14.4. The third-order valence-corrected chi connectivity index (χ3v) is 7.48. The van der Waals surface area contributed by atoms with Crippen LogP contribution in [0.15, 0.2) is 42.5 Å². The number of nitrogens with one attached hydrogen (secondary N) is 1. The van der Waals surface area contributed by atoms with E-state index in [1.165, 1.54) is 0 Å². The molecule has 4 rings (SSSR count). The summed E-state index contributed by atoms with van der Waals surface area (Å²) in [6.45, 7) is 4.72. The summed E-state index contributed by atoms with van der Waals surface area (Å²) in [5.74, 6) is 2.03.